The molecule has 0 bridgehead atoms. The highest BCUT2D eigenvalue weighted by molar-refractivity contribution is 8.13. The predicted molar refractivity (Wildman–Crippen MR) is 103 cm³/mol. The van der Waals surface area contributed by atoms with E-state index in [0.29, 0.717) is 11.1 Å². The van der Waals surface area contributed by atoms with E-state index in [-0.39, 0.29) is 4.90 Å². The maximum absolute atomic E-state index is 11.9. The van der Waals surface area contributed by atoms with Gasteiger partial charge < -0.3 is 0 Å². The molecule has 0 amide bonds. The predicted octanol–water partition coefficient (Wildman–Crippen LogP) is 6.21. The van der Waals surface area contributed by atoms with Gasteiger partial charge >= 0.3 is 12.0 Å². The zero-order valence-corrected chi connectivity index (χ0v) is 19.4. The SMILES string of the molecule is CC(c1cccc(S(=O)(=O)Cl)c1C(C)[Si](Cl)(Cl)Cl)[Si](Cl)(Cl)Cl. The average Bonchev–Trinajstić information content (AvgIpc) is 2.32. The molecule has 0 radical (unpaired) electrons. The Hall–Kier alpha value is 1.63. The van der Waals surface area contributed by atoms with Crippen molar-refractivity contribution in [3.63, 3.8) is 0 Å². The van der Waals surface area contributed by atoms with E-state index in [1.165, 1.54) is 12.1 Å². The maximum atomic E-state index is 11.9. The van der Waals surface area contributed by atoms with Gasteiger partial charge in [0.15, 0.2) is 0 Å². The van der Waals surface area contributed by atoms with Gasteiger partial charge in [-0.1, -0.05) is 26.0 Å². The van der Waals surface area contributed by atoms with Crippen LogP contribution in [-0.2, 0) is 9.05 Å². The lowest BCUT2D eigenvalue weighted by atomic mass is 10.0. The molecule has 126 valence electrons. The third kappa shape index (κ3) is 5.31. The number of rotatable bonds is 5. The monoisotopic (exact) mass is 496 g/mol. The van der Waals surface area contributed by atoms with E-state index < -0.39 is 32.1 Å². The van der Waals surface area contributed by atoms with Crippen LogP contribution in [0.15, 0.2) is 23.1 Å². The largest absolute Gasteiger partial charge is 0.348 e. The summed E-state index contributed by atoms with van der Waals surface area (Å²) in [6.45, 7) is 3.34. The summed E-state index contributed by atoms with van der Waals surface area (Å²) in [6.07, 6.45) is 0. The third-order valence-corrected chi connectivity index (χ3v) is 13.1. The highest BCUT2D eigenvalue weighted by atomic mass is 35.8. The Balaban J connectivity index is 3.74. The number of hydrogen-bond acceptors (Lipinski definition) is 2. The van der Waals surface area contributed by atoms with E-state index >= 15 is 0 Å². The molecule has 1 rings (SSSR count). The van der Waals surface area contributed by atoms with Crippen LogP contribution in [0, 0.1) is 0 Å². The summed E-state index contributed by atoms with van der Waals surface area (Å²) < 4.78 is 23.7. The molecule has 12 heteroatoms. The molecule has 0 N–H and O–H groups in total. The first-order valence-electron chi connectivity index (χ1n) is 5.88. The molecule has 2 atom stereocenters. The smallest absolute Gasteiger partial charge is 0.207 e. The van der Waals surface area contributed by atoms with Crippen LogP contribution in [0.25, 0.3) is 0 Å². The van der Waals surface area contributed by atoms with Crippen LogP contribution in [-0.4, -0.2) is 20.4 Å². The lowest BCUT2D eigenvalue weighted by Gasteiger charge is -2.27. The Kier molecular flexibility index (Phi) is 7.37. The number of benzene rings is 1. The van der Waals surface area contributed by atoms with E-state index in [4.69, 9.17) is 77.2 Å². The molecule has 1 aromatic carbocycles. The van der Waals surface area contributed by atoms with Gasteiger partial charge in [-0.2, -0.15) is 0 Å². The van der Waals surface area contributed by atoms with Crippen LogP contribution in [0.3, 0.4) is 0 Å². The minimum Gasteiger partial charge on any atom is -0.207 e. The van der Waals surface area contributed by atoms with Gasteiger partial charge in [0.2, 0.25) is 0 Å². The molecule has 0 aromatic heterocycles. The van der Waals surface area contributed by atoms with Crippen LogP contribution in [0.2, 0.25) is 0 Å². The summed E-state index contributed by atoms with van der Waals surface area (Å²) in [4.78, 5) is -0.118. The van der Waals surface area contributed by atoms with E-state index in [2.05, 4.69) is 0 Å². The van der Waals surface area contributed by atoms with E-state index in [9.17, 15) is 8.42 Å². The fourth-order valence-electron chi connectivity index (χ4n) is 1.95. The van der Waals surface area contributed by atoms with Crippen LogP contribution in [0.1, 0.15) is 36.1 Å². The molecule has 2 nitrogen and oxygen atoms in total. The summed E-state index contributed by atoms with van der Waals surface area (Å²) in [5.41, 5.74) is -0.286. The second kappa shape index (κ2) is 7.48. The van der Waals surface area contributed by atoms with Crippen molar-refractivity contribution >= 4 is 98.2 Å². The van der Waals surface area contributed by atoms with Gasteiger partial charge in [-0.25, -0.2) is 8.42 Å². The van der Waals surface area contributed by atoms with Gasteiger partial charge in [0, 0.05) is 21.8 Å². The first-order valence-corrected chi connectivity index (χ1v) is 18.4. The van der Waals surface area contributed by atoms with Crippen molar-refractivity contribution in [1.82, 2.24) is 0 Å². The van der Waals surface area contributed by atoms with Crippen LogP contribution in [0.4, 0.5) is 0 Å². The second-order valence-electron chi connectivity index (χ2n) is 4.72. The Morgan fingerprint density at radius 2 is 1.36 bits per heavy atom. The first-order chi connectivity index (χ1) is 9.67. The zero-order valence-electron chi connectivity index (χ0n) is 11.3. The standard InChI is InChI=1S/C10H11Cl7O2SSi2/c1-6(21(12,13)14)8-4-3-5-9(20(11,18)19)10(8)7(2)22(15,16)17/h3-7H,1-2H3. The summed E-state index contributed by atoms with van der Waals surface area (Å²) in [7, 11) is 1.48. The Labute approximate surface area is 164 Å². The molecule has 0 aliphatic heterocycles. The van der Waals surface area contributed by atoms with Crippen LogP contribution < -0.4 is 0 Å². The molecule has 0 heterocycles. The van der Waals surface area contributed by atoms with E-state index in [1.54, 1.807) is 19.9 Å². The van der Waals surface area contributed by atoms with Gasteiger partial charge in [0.25, 0.3) is 9.05 Å². The average molecular weight is 500 g/mol. The van der Waals surface area contributed by atoms with E-state index in [1.807, 2.05) is 0 Å². The van der Waals surface area contributed by atoms with E-state index in [0.717, 1.165) is 0 Å². The Bertz CT molecular complexity index is 654. The fraction of sp³-hybridized carbons (Fsp3) is 0.400. The second-order valence-corrected chi connectivity index (χ2v) is 25.4. The Morgan fingerprint density at radius 1 is 0.909 bits per heavy atom. The molecule has 2 unspecified atom stereocenters. The van der Waals surface area contributed by atoms with Gasteiger partial charge in [-0.3, -0.25) is 0 Å². The minimum absolute atomic E-state index is 0.118. The van der Waals surface area contributed by atoms with Crippen LogP contribution in [0.5, 0.6) is 0 Å². The van der Waals surface area contributed by atoms with Crippen molar-refractivity contribution in [2.75, 3.05) is 0 Å². The van der Waals surface area contributed by atoms with Gasteiger partial charge in [0.05, 0.1) is 4.90 Å². The third-order valence-electron chi connectivity index (χ3n) is 3.24. The molecular weight excluding hydrogens is 489 g/mol. The molecule has 0 spiro atoms. The summed E-state index contributed by atoms with van der Waals surface area (Å²) in [5.74, 6) is 0. The van der Waals surface area contributed by atoms with Crippen molar-refractivity contribution in [1.29, 1.82) is 0 Å². The topological polar surface area (TPSA) is 34.1 Å². The number of hydrogen-bond donors (Lipinski definition) is 0. The zero-order chi connectivity index (χ0) is 17.5. The summed E-state index contributed by atoms with van der Waals surface area (Å²) >= 11 is 36.5. The van der Waals surface area contributed by atoms with Crippen molar-refractivity contribution in [2.24, 2.45) is 0 Å². The van der Waals surface area contributed by atoms with Gasteiger partial charge in [-0.05, 0) is 17.2 Å². The van der Waals surface area contributed by atoms with Crippen molar-refractivity contribution in [3.8, 4) is 0 Å². The lowest BCUT2D eigenvalue weighted by molar-refractivity contribution is 0.608. The van der Waals surface area contributed by atoms with Crippen molar-refractivity contribution in [2.45, 2.75) is 29.8 Å². The van der Waals surface area contributed by atoms with Gasteiger partial charge in [0.1, 0.15) is 0 Å². The molecule has 0 saturated heterocycles. The highest BCUT2D eigenvalue weighted by Crippen LogP contribution is 2.46. The molecule has 22 heavy (non-hydrogen) atoms. The molecular formula is C10H11Cl7O2SSi2. The molecule has 0 aliphatic rings. The maximum Gasteiger partial charge on any atom is 0.348 e. The normalized spacial score (nSPS) is 16.4. The first kappa shape index (κ1) is 21.7. The highest BCUT2D eigenvalue weighted by Gasteiger charge is 2.42. The molecule has 0 saturated carbocycles. The minimum atomic E-state index is -4.04. The van der Waals surface area contributed by atoms with Gasteiger partial charge in [-0.15, -0.1) is 66.5 Å². The quantitative estimate of drug-likeness (QED) is 0.274. The molecule has 0 fully saturated rings. The fourth-order valence-corrected chi connectivity index (χ4v) is 6.56. The summed E-state index contributed by atoms with van der Waals surface area (Å²) in [5, 5.41) is 0. The van der Waals surface area contributed by atoms with Crippen molar-refractivity contribution in [3.05, 3.63) is 29.3 Å². The number of halogens is 7. The Morgan fingerprint density at radius 3 is 1.73 bits per heavy atom. The molecule has 1 aromatic rings. The lowest BCUT2D eigenvalue weighted by Crippen LogP contribution is -2.27. The van der Waals surface area contributed by atoms with Crippen molar-refractivity contribution < 1.29 is 8.42 Å². The summed E-state index contributed by atoms with van der Waals surface area (Å²) in [6, 6.07) is -1.87. The molecule has 0 aliphatic carbocycles. The van der Waals surface area contributed by atoms with Crippen LogP contribution >= 0.6 is 77.2 Å².